The summed E-state index contributed by atoms with van der Waals surface area (Å²) in [5, 5.41) is 19.9. The predicted molar refractivity (Wildman–Crippen MR) is 110 cm³/mol. The van der Waals surface area contributed by atoms with Gasteiger partial charge in [-0.3, -0.25) is 9.98 Å². The van der Waals surface area contributed by atoms with Gasteiger partial charge >= 0.3 is 0 Å². The Bertz CT molecular complexity index is 1170. The molecule has 0 saturated carbocycles. The summed E-state index contributed by atoms with van der Waals surface area (Å²) in [6.07, 6.45) is 4.87. The third-order valence-electron chi connectivity index (χ3n) is 3.85. The molecule has 0 aliphatic rings. The van der Waals surface area contributed by atoms with Gasteiger partial charge in [0.05, 0.1) is 10.2 Å². The van der Waals surface area contributed by atoms with Gasteiger partial charge in [-0.05, 0) is 68.3 Å². The molecule has 0 amide bonds. The maximum absolute atomic E-state index is 10.1. The number of hydrogen-bond acceptors (Lipinski definition) is 6. The second-order valence-corrected chi connectivity index (χ2v) is 7.27. The van der Waals surface area contributed by atoms with Crippen molar-refractivity contribution in [1.82, 2.24) is 9.97 Å². The van der Waals surface area contributed by atoms with E-state index in [-0.39, 0.29) is 16.0 Å². The summed E-state index contributed by atoms with van der Waals surface area (Å²) in [6.45, 7) is 0. The number of hydrogen-bond donors (Lipinski definition) is 2. The zero-order chi connectivity index (χ0) is 19.0. The summed E-state index contributed by atoms with van der Waals surface area (Å²) < 4.78 is 6.41. The molecule has 2 aromatic heterocycles. The second kappa shape index (κ2) is 7.13. The third kappa shape index (κ3) is 3.45. The molecular formula is C19H11Br2N3O3. The lowest BCUT2D eigenvalue weighted by Crippen LogP contribution is -1.85. The maximum atomic E-state index is 10.1. The van der Waals surface area contributed by atoms with E-state index in [0.29, 0.717) is 32.7 Å². The number of pyridine rings is 1. The Balaban J connectivity index is 1.68. The molecule has 0 spiro atoms. The molecule has 4 rings (SSSR count). The van der Waals surface area contributed by atoms with E-state index in [9.17, 15) is 10.2 Å². The Kier molecular flexibility index (Phi) is 4.67. The molecule has 2 heterocycles. The van der Waals surface area contributed by atoms with Crippen molar-refractivity contribution >= 4 is 54.9 Å². The van der Waals surface area contributed by atoms with Crippen molar-refractivity contribution < 1.29 is 14.6 Å². The van der Waals surface area contributed by atoms with Gasteiger partial charge in [-0.1, -0.05) is 0 Å². The Morgan fingerprint density at radius 1 is 1.00 bits per heavy atom. The summed E-state index contributed by atoms with van der Waals surface area (Å²) in [5.74, 6) is 0.344. The molecule has 0 radical (unpaired) electrons. The van der Waals surface area contributed by atoms with Crippen molar-refractivity contribution in [3.05, 3.63) is 63.3 Å². The number of aliphatic imine (C=N–C) groups is 1. The van der Waals surface area contributed by atoms with Crippen molar-refractivity contribution in [2.75, 3.05) is 0 Å². The summed E-state index contributed by atoms with van der Waals surface area (Å²) in [5.41, 5.74) is 3.27. The number of aromatic nitrogens is 2. The van der Waals surface area contributed by atoms with E-state index in [4.69, 9.17) is 4.42 Å². The van der Waals surface area contributed by atoms with Crippen LogP contribution in [0.1, 0.15) is 5.56 Å². The van der Waals surface area contributed by atoms with Crippen LogP contribution in [0.4, 0.5) is 5.69 Å². The first-order chi connectivity index (χ1) is 13.0. The quantitative estimate of drug-likeness (QED) is 0.367. The van der Waals surface area contributed by atoms with Crippen LogP contribution in [0, 0.1) is 0 Å². The molecule has 8 heteroatoms. The first-order valence-corrected chi connectivity index (χ1v) is 9.36. The van der Waals surface area contributed by atoms with E-state index in [1.165, 1.54) is 6.21 Å². The van der Waals surface area contributed by atoms with E-state index in [1.54, 1.807) is 36.7 Å². The highest BCUT2D eigenvalue weighted by Gasteiger charge is 2.13. The van der Waals surface area contributed by atoms with Crippen molar-refractivity contribution in [1.29, 1.82) is 0 Å². The first kappa shape index (κ1) is 17.7. The molecule has 0 unspecified atom stereocenters. The van der Waals surface area contributed by atoms with Crippen LogP contribution in [0.25, 0.3) is 22.6 Å². The predicted octanol–water partition coefficient (Wildman–Crippen LogP) is 5.58. The summed E-state index contributed by atoms with van der Waals surface area (Å²) >= 11 is 6.38. The fourth-order valence-electron chi connectivity index (χ4n) is 2.47. The number of rotatable bonds is 3. The van der Waals surface area contributed by atoms with Crippen molar-refractivity contribution in [2.45, 2.75) is 0 Å². The number of phenols is 2. The summed E-state index contributed by atoms with van der Waals surface area (Å²) in [4.78, 5) is 12.9. The number of nitrogens with zero attached hydrogens (tertiary/aromatic N) is 3. The summed E-state index contributed by atoms with van der Waals surface area (Å²) in [7, 11) is 0. The Hall–Kier alpha value is -2.71. The van der Waals surface area contributed by atoms with Crippen LogP contribution in [0.2, 0.25) is 0 Å². The molecule has 2 aromatic carbocycles. The maximum Gasteiger partial charge on any atom is 0.227 e. The number of benzene rings is 2. The van der Waals surface area contributed by atoms with Gasteiger partial charge in [-0.2, -0.15) is 0 Å². The van der Waals surface area contributed by atoms with Gasteiger partial charge in [-0.15, -0.1) is 0 Å². The van der Waals surface area contributed by atoms with Gasteiger partial charge in [0.2, 0.25) is 5.89 Å². The van der Waals surface area contributed by atoms with Crippen LogP contribution in [0.5, 0.6) is 11.5 Å². The fourth-order valence-corrected chi connectivity index (χ4v) is 3.63. The van der Waals surface area contributed by atoms with Crippen LogP contribution in [-0.4, -0.2) is 26.4 Å². The normalized spacial score (nSPS) is 11.5. The molecule has 0 aliphatic heterocycles. The minimum atomic E-state index is -0.0954. The highest BCUT2D eigenvalue weighted by atomic mass is 79.9. The smallest absolute Gasteiger partial charge is 0.227 e. The van der Waals surface area contributed by atoms with Crippen molar-refractivity contribution in [2.24, 2.45) is 4.99 Å². The molecule has 4 aromatic rings. The molecular weight excluding hydrogens is 478 g/mol. The average Bonchev–Trinajstić information content (AvgIpc) is 3.12. The van der Waals surface area contributed by atoms with Gasteiger partial charge in [0, 0.05) is 29.7 Å². The standard InChI is InChI=1S/C19H11Br2N3O3/c20-13-7-11(17(25)16(21)18(13)26)9-23-12-1-2-15-14(8-12)24-19(27-15)10-3-5-22-6-4-10/h1-9,25-26H/b23-9+. The van der Waals surface area contributed by atoms with Crippen LogP contribution in [0.15, 0.2) is 67.1 Å². The van der Waals surface area contributed by atoms with Crippen molar-refractivity contribution in [3.63, 3.8) is 0 Å². The molecule has 0 aliphatic carbocycles. The summed E-state index contributed by atoms with van der Waals surface area (Å²) in [6, 6.07) is 10.6. The number of fused-ring (bicyclic) bond motifs is 1. The second-order valence-electron chi connectivity index (χ2n) is 5.62. The topological polar surface area (TPSA) is 91.7 Å². The van der Waals surface area contributed by atoms with E-state index in [1.807, 2.05) is 12.1 Å². The molecule has 0 saturated heterocycles. The SMILES string of the molecule is Oc1c(Br)cc(/C=N/c2ccc3oc(-c4ccncc4)nc3c2)c(O)c1Br. The number of oxazole rings is 1. The zero-order valence-corrected chi connectivity index (χ0v) is 16.8. The minimum absolute atomic E-state index is 0.0719. The number of halogens is 2. The van der Waals surface area contributed by atoms with Crippen molar-refractivity contribution in [3.8, 4) is 23.0 Å². The number of phenolic OH excluding ortho intramolecular Hbond substituents is 2. The lowest BCUT2D eigenvalue weighted by atomic mass is 10.2. The Morgan fingerprint density at radius 2 is 1.78 bits per heavy atom. The van der Waals surface area contributed by atoms with Gasteiger partial charge in [-0.25, -0.2) is 4.98 Å². The molecule has 0 fully saturated rings. The molecule has 0 atom stereocenters. The van der Waals surface area contributed by atoms with Gasteiger partial charge in [0.25, 0.3) is 0 Å². The third-order valence-corrected chi connectivity index (χ3v) is 5.20. The highest BCUT2D eigenvalue weighted by molar-refractivity contribution is 9.11. The average molecular weight is 489 g/mol. The lowest BCUT2D eigenvalue weighted by Gasteiger charge is -2.06. The van der Waals surface area contributed by atoms with Crippen LogP contribution >= 0.6 is 31.9 Å². The lowest BCUT2D eigenvalue weighted by molar-refractivity contribution is 0.442. The van der Waals surface area contributed by atoms with Gasteiger partial charge in [0.15, 0.2) is 5.58 Å². The van der Waals surface area contributed by atoms with E-state index in [0.717, 1.165) is 5.56 Å². The van der Waals surface area contributed by atoms with E-state index in [2.05, 4.69) is 46.8 Å². The Morgan fingerprint density at radius 3 is 2.56 bits per heavy atom. The van der Waals surface area contributed by atoms with Gasteiger partial charge in [0.1, 0.15) is 21.5 Å². The minimum Gasteiger partial charge on any atom is -0.506 e. The van der Waals surface area contributed by atoms with E-state index >= 15 is 0 Å². The van der Waals surface area contributed by atoms with E-state index < -0.39 is 0 Å². The van der Waals surface area contributed by atoms with Crippen LogP contribution in [0.3, 0.4) is 0 Å². The Labute approximate surface area is 170 Å². The molecule has 134 valence electrons. The van der Waals surface area contributed by atoms with Crippen LogP contribution < -0.4 is 0 Å². The monoisotopic (exact) mass is 487 g/mol. The van der Waals surface area contributed by atoms with Crippen LogP contribution in [-0.2, 0) is 0 Å². The fraction of sp³-hybridized carbons (Fsp3) is 0. The number of aromatic hydroxyl groups is 2. The molecule has 2 N–H and O–H groups in total. The highest BCUT2D eigenvalue weighted by Crippen LogP contribution is 2.40. The molecule has 6 nitrogen and oxygen atoms in total. The largest absolute Gasteiger partial charge is 0.506 e. The molecule has 27 heavy (non-hydrogen) atoms. The van der Waals surface area contributed by atoms with Gasteiger partial charge < -0.3 is 14.6 Å². The molecule has 0 bridgehead atoms. The zero-order valence-electron chi connectivity index (χ0n) is 13.6. The first-order valence-electron chi connectivity index (χ1n) is 7.78.